The van der Waals surface area contributed by atoms with Crippen molar-refractivity contribution in [2.45, 2.75) is 0 Å². The Morgan fingerprint density at radius 3 is 2.70 bits per heavy atom. The molecule has 2 aromatic heterocycles. The molecule has 1 aromatic carbocycles. The average molecular weight is 308 g/mol. The van der Waals surface area contributed by atoms with Gasteiger partial charge in [0.2, 0.25) is 5.82 Å². The number of rotatable bonds is 2. The predicted octanol–water partition coefficient (Wildman–Crippen LogP) is 3.81. The minimum absolute atomic E-state index is 0.0536. The number of benzene rings is 1. The third-order valence-corrected chi connectivity index (χ3v) is 3.07. The molecule has 0 atom stereocenters. The summed E-state index contributed by atoms with van der Waals surface area (Å²) in [5, 5.41) is 14.3. The maximum atomic E-state index is 9.75. The van der Waals surface area contributed by atoms with Crippen molar-refractivity contribution in [1.82, 2.24) is 15.1 Å². The smallest absolute Gasteiger partial charge is 0.262 e. The van der Waals surface area contributed by atoms with Crippen LogP contribution >= 0.6 is 23.2 Å². The summed E-state index contributed by atoms with van der Waals surface area (Å²) in [5.41, 5.74) is 0.804. The van der Waals surface area contributed by atoms with E-state index in [0.717, 1.165) is 0 Å². The molecule has 5 nitrogen and oxygen atoms in total. The molecule has 0 aliphatic rings. The maximum absolute atomic E-state index is 9.75. The second-order valence-electron chi connectivity index (χ2n) is 3.92. The summed E-state index contributed by atoms with van der Waals surface area (Å²) >= 11 is 11.8. The van der Waals surface area contributed by atoms with Crippen molar-refractivity contribution in [2.24, 2.45) is 0 Å². The summed E-state index contributed by atoms with van der Waals surface area (Å²) in [4.78, 5) is 8.24. The SMILES string of the molecule is Oc1ccccc1-c1nc(-c2ncc(Cl)cc2Cl)no1. The molecule has 0 fully saturated rings. The molecule has 1 N–H and O–H groups in total. The summed E-state index contributed by atoms with van der Waals surface area (Å²) in [5.74, 6) is 0.466. The number of pyridine rings is 1. The Bertz CT molecular complexity index is 774. The summed E-state index contributed by atoms with van der Waals surface area (Å²) in [6.45, 7) is 0. The van der Waals surface area contributed by atoms with Gasteiger partial charge in [-0.1, -0.05) is 40.5 Å². The van der Waals surface area contributed by atoms with Gasteiger partial charge in [-0.3, -0.25) is 0 Å². The van der Waals surface area contributed by atoms with Gasteiger partial charge in [-0.15, -0.1) is 0 Å². The lowest BCUT2D eigenvalue weighted by Crippen LogP contribution is -1.87. The van der Waals surface area contributed by atoms with Gasteiger partial charge in [-0.2, -0.15) is 4.98 Å². The zero-order valence-corrected chi connectivity index (χ0v) is 11.4. The molecule has 0 saturated heterocycles. The van der Waals surface area contributed by atoms with E-state index in [0.29, 0.717) is 21.3 Å². The van der Waals surface area contributed by atoms with Crippen LogP contribution in [0.4, 0.5) is 0 Å². The fourth-order valence-corrected chi connectivity index (χ4v) is 2.13. The second-order valence-corrected chi connectivity index (χ2v) is 4.77. The van der Waals surface area contributed by atoms with Gasteiger partial charge in [-0.05, 0) is 18.2 Å². The molecule has 0 aliphatic heterocycles. The first-order chi connectivity index (χ1) is 9.65. The molecule has 0 aliphatic carbocycles. The van der Waals surface area contributed by atoms with Gasteiger partial charge in [0.05, 0.1) is 15.6 Å². The zero-order chi connectivity index (χ0) is 14.1. The highest BCUT2D eigenvalue weighted by Gasteiger charge is 2.16. The van der Waals surface area contributed by atoms with Crippen LogP contribution in [-0.2, 0) is 0 Å². The predicted molar refractivity (Wildman–Crippen MR) is 74.6 cm³/mol. The molecular formula is C13H7Cl2N3O2. The first-order valence-electron chi connectivity index (χ1n) is 5.58. The largest absolute Gasteiger partial charge is 0.507 e. The number of aromatic nitrogens is 3. The normalized spacial score (nSPS) is 10.7. The maximum Gasteiger partial charge on any atom is 0.262 e. The Morgan fingerprint density at radius 1 is 1.15 bits per heavy atom. The minimum atomic E-state index is 0.0536. The van der Waals surface area contributed by atoms with E-state index in [2.05, 4.69) is 15.1 Å². The number of para-hydroxylation sites is 1. The molecule has 0 bridgehead atoms. The van der Waals surface area contributed by atoms with Gasteiger partial charge >= 0.3 is 0 Å². The first kappa shape index (κ1) is 12.9. The van der Waals surface area contributed by atoms with Gasteiger partial charge in [-0.25, -0.2) is 4.98 Å². The standard InChI is InChI=1S/C13H7Cl2N3O2/c14-7-5-9(15)11(16-6-7)12-17-13(20-18-12)8-3-1-2-4-10(8)19/h1-6,19H. The van der Waals surface area contributed by atoms with Crippen LogP contribution in [0.2, 0.25) is 10.0 Å². The molecule has 0 amide bonds. The second kappa shape index (κ2) is 5.11. The number of nitrogens with zero attached hydrogens (tertiary/aromatic N) is 3. The van der Waals surface area contributed by atoms with Crippen LogP contribution in [0.3, 0.4) is 0 Å². The molecule has 100 valence electrons. The van der Waals surface area contributed by atoms with Crippen LogP contribution in [0.25, 0.3) is 23.0 Å². The molecule has 0 unspecified atom stereocenters. The van der Waals surface area contributed by atoms with E-state index in [1.165, 1.54) is 12.3 Å². The summed E-state index contributed by atoms with van der Waals surface area (Å²) in [6, 6.07) is 8.21. The Balaban J connectivity index is 2.04. The Morgan fingerprint density at radius 2 is 1.95 bits per heavy atom. The number of halogens is 2. The van der Waals surface area contributed by atoms with E-state index in [4.69, 9.17) is 27.7 Å². The topological polar surface area (TPSA) is 72.0 Å². The lowest BCUT2D eigenvalue weighted by Gasteiger charge is -1.98. The van der Waals surface area contributed by atoms with Gasteiger partial charge in [0.15, 0.2) is 0 Å². The highest BCUT2D eigenvalue weighted by atomic mass is 35.5. The van der Waals surface area contributed by atoms with Gasteiger partial charge in [0.1, 0.15) is 11.4 Å². The van der Waals surface area contributed by atoms with Crippen LogP contribution in [0.5, 0.6) is 5.75 Å². The first-order valence-corrected chi connectivity index (χ1v) is 6.34. The van der Waals surface area contributed by atoms with Crippen molar-refractivity contribution in [3.63, 3.8) is 0 Å². The van der Waals surface area contributed by atoms with E-state index in [1.807, 2.05) is 0 Å². The van der Waals surface area contributed by atoms with Crippen molar-refractivity contribution in [3.05, 3.63) is 46.6 Å². The van der Waals surface area contributed by atoms with E-state index >= 15 is 0 Å². The molecule has 20 heavy (non-hydrogen) atoms. The molecular weight excluding hydrogens is 301 g/mol. The molecule has 3 rings (SSSR count). The number of hydrogen-bond donors (Lipinski definition) is 1. The van der Waals surface area contributed by atoms with Crippen LogP contribution in [0.1, 0.15) is 0 Å². The fraction of sp³-hybridized carbons (Fsp3) is 0. The third kappa shape index (κ3) is 2.33. The van der Waals surface area contributed by atoms with E-state index in [9.17, 15) is 5.11 Å². The van der Waals surface area contributed by atoms with Crippen molar-refractivity contribution in [1.29, 1.82) is 0 Å². The highest BCUT2D eigenvalue weighted by molar-refractivity contribution is 6.35. The van der Waals surface area contributed by atoms with Gasteiger partial charge in [0.25, 0.3) is 5.89 Å². The molecule has 3 aromatic rings. The molecule has 0 radical (unpaired) electrons. The molecule has 2 heterocycles. The average Bonchev–Trinajstić information content (AvgIpc) is 2.88. The Kier molecular flexibility index (Phi) is 3.30. The molecule has 7 heteroatoms. The van der Waals surface area contributed by atoms with Crippen LogP contribution in [0, 0.1) is 0 Å². The number of phenols is 1. The van der Waals surface area contributed by atoms with Crippen molar-refractivity contribution in [3.8, 4) is 28.7 Å². The van der Waals surface area contributed by atoms with Crippen molar-refractivity contribution >= 4 is 23.2 Å². The van der Waals surface area contributed by atoms with Crippen LogP contribution < -0.4 is 0 Å². The number of phenolic OH excluding ortho intramolecular Hbond substituents is 1. The number of hydrogen-bond acceptors (Lipinski definition) is 5. The van der Waals surface area contributed by atoms with Crippen LogP contribution in [0.15, 0.2) is 41.1 Å². The van der Waals surface area contributed by atoms with Crippen molar-refractivity contribution < 1.29 is 9.63 Å². The highest BCUT2D eigenvalue weighted by Crippen LogP contribution is 2.30. The zero-order valence-electron chi connectivity index (χ0n) is 9.92. The number of aromatic hydroxyl groups is 1. The summed E-state index contributed by atoms with van der Waals surface area (Å²) < 4.78 is 5.12. The van der Waals surface area contributed by atoms with Crippen LogP contribution in [-0.4, -0.2) is 20.2 Å². The van der Waals surface area contributed by atoms with E-state index in [-0.39, 0.29) is 17.5 Å². The summed E-state index contributed by atoms with van der Waals surface area (Å²) in [7, 11) is 0. The van der Waals surface area contributed by atoms with Crippen molar-refractivity contribution in [2.75, 3.05) is 0 Å². The Labute approximate surface area is 123 Å². The van der Waals surface area contributed by atoms with E-state index < -0.39 is 0 Å². The lowest BCUT2D eigenvalue weighted by atomic mass is 10.2. The summed E-state index contributed by atoms with van der Waals surface area (Å²) in [6.07, 6.45) is 1.44. The van der Waals surface area contributed by atoms with E-state index in [1.54, 1.807) is 24.3 Å². The van der Waals surface area contributed by atoms with Gasteiger partial charge in [0, 0.05) is 6.20 Å². The molecule has 0 saturated carbocycles. The minimum Gasteiger partial charge on any atom is -0.507 e. The quantitative estimate of drug-likeness (QED) is 0.779. The van der Waals surface area contributed by atoms with Gasteiger partial charge < -0.3 is 9.63 Å². The third-order valence-electron chi connectivity index (χ3n) is 2.58. The molecule has 0 spiro atoms. The fourth-order valence-electron chi connectivity index (χ4n) is 1.66. The lowest BCUT2D eigenvalue weighted by molar-refractivity contribution is 0.425. The Hall–Kier alpha value is -2.11. The monoisotopic (exact) mass is 307 g/mol.